The van der Waals surface area contributed by atoms with Gasteiger partial charge in [-0.2, -0.15) is 13.2 Å². The third-order valence-corrected chi connectivity index (χ3v) is 4.19. The largest absolute Gasteiger partial charge is 0.501 e. The Balaban J connectivity index is 2.04. The molecule has 110 valence electrons. The van der Waals surface area contributed by atoms with Crippen molar-refractivity contribution in [3.05, 3.63) is 11.8 Å². The van der Waals surface area contributed by atoms with E-state index < -0.39 is 12.1 Å². The van der Waals surface area contributed by atoms with E-state index in [-0.39, 0.29) is 24.8 Å². The van der Waals surface area contributed by atoms with E-state index in [1.165, 1.54) is 0 Å². The van der Waals surface area contributed by atoms with E-state index in [2.05, 4.69) is 5.43 Å². The van der Waals surface area contributed by atoms with E-state index in [9.17, 15) is 13.2 Å². The van der Waals surface area contributed by atoms with Gasteiger partial charge in [-0.3, -0.25) is 11.3 Å². The SMILES string of the molecule is NNC(C1=COCCC1)C1CCCC(C(F)(F)F)C1. The molecule has 0 amide bonds. The average Bonchev–Trinajstić information content (AvgIpc) is 2.40. The zero-order valence-corrected chi connectivity index (χ0v) is 10.9. The lowest BCUT2D eigenvalue weighted by atomic mass is 9.75. The van der Waals surface area contributed by atoms with Gasteiger partial charge in [-0.25, -0.2) is 0 Å². The van der Waals surface area contributed by atoms with Crippen LogP contribution in [0.2, 0.25) is 0 Å². The molecule has 19 heavy (non-hydrogen) atoms. The van der Waals surface area contributed by atoms with Gasteiger partial charge in [0.25, 0.3) is 0 Å². The highest BCUT2D eigenvalue weighted by molar-refractivity contribution is 5.12. The molecule has 3 atom stereocenters. The minimum Gasteiger partial charge on any atom is -0.501 e. The molecule has 3 nitrogen and oxygen atoms in total. The molecule has 6 heteroatoms. The maximum absolute atomic E-state index is 12.8. The third-order valence-electron chi connectivity index (χ3n) is 4.19. The predicted octanol–water partition coefficient (Wildman–Crippen LogP) is 2.88. The molecule has 1 aliphatic heterocycles. The second-order valence-corrected chi connectivity index (χ2v) is 5.48. The molecule has 2 aliphatic rings. The van der Waals surface area contributed by atoms with E-state index in [0.717, 1.165) is 24.8 Å². The Morgan fingerprint density at radius 2 is 2.11 bits per heavy atom. The number of ether oxygens (including phenoxy) is 1. The lowest BCUT2D eigenvalue weighted by molar-refractivity contribution is -0.186. The minimum absolute atomic E-state index is 0.0571. The van der Waals surface area contributed by atoms with Crippen molar-refractivity contribution in [1.29, 1.82) is 0 Å². The monoisotopic (exact) mass is 278 g/mol. The Morgan fingerprint density at radius 3 is 2.68 bits per heavy atom. The standard InChI is InChI=1S/C13H21F3N2O/c14-13(15,16)11-5-1-3-9(7-11)12(18-17)10-4-2-6-19-8-10/h8-9,11-12,18H,1-7,17H2. The summed E-state index contributed by atoms with van der Waals surface area (Å²) in [6.07, 6.45) is 1.14. The Labute approximate surface area is 111 Å². The fraction of sp³-hybridized carbons (Fsp3) is 0.846. The number of hydrogen-bond acceptors (Lipinski definition) is 3. The summed E-state index contributed by atoms with van der Waals surface area (Å²) in [5, 5.41) is 0. The Kier molecular flexibility index (Phi) is 4.73. The highest BCUT2D eigenvalue weighted by Crippen LogP contribution is 2.42. The summed E-state index contributed by atoms with van der Waals surface area (Å²) in [7, 11) is 0. The fourth-order valence-electron chi connectivity index (χ4n) is 3.19. The van der Waals surface area contributed by atoms with Gasteiger partial charge in [0, 0.05) is 6.04 Å². The molecule has 0 aromatic heterocycles. The Morgan fingerprint density at radius 1 is 1.32 bits per heavy atom. The molecule has 1 saturated carbocycles. The molecule has 0 saturated heterocycles. The summed E-state index contributed by atoms with van der Waals surface area (Å²) < 4.78 is 43.8. The lowest BCUT2D eigenvalue weighted by Gasteiger charge is -2.36. The first-order valence-corrected chi connectivity index (χ1v) is 6.85. The first kappa shape index (κ1) is 14.7. The molecule has 1 fully saturated rings. The van der Waals surface area contributed by atoms with Crippen LogP contribution in [0.15, 0.2) is 11.8 Å². The molecule has 0 spiro atoms. The second-order valence-electron chi connectivity index (χ2n) is 5.48. The summed E-state index contributed by atoms with van der Waals surface area (Å²) in [5.74, 6) is 4.32. The van der Waals surface area contributed by atoms with Gasteiger partial charge in [-0.1, -0.05) is 6.42 Å². The smallest absolute Gasteiger partial charge is 0.391 e. The molecule has 3 unspecified atom stereocenters. The van der Waals surface area contributed by atoms with Gasteiger partial charge in [-0.15, -0.1) is 0 Å². The van der Waals surface area contributed by atoms with Gasteiger partial charge in [0.1, 0.15) is 0 Å². The van der Waals surface area contributed by atoms with E-state index in [1.54, 1.807) is 6.26 Å². The molecule has 0 radical (unpaired) electrons. The number of hydrazine groups is 1. The topological polar surface area (TPSA) is 47.3 Å². The third kappa shape index (κ3) is 3.63. The summed E-state index contributed by atoms with van der Waals surface area (Å²) in [4.78, 5) is 0. The zero-order chi connectivity index (χ0) is 13.9. The number of nitrogens with one attached hydrogen (secondary N) is 1. The van der Waals surface area contributed by atoms with Crippen molar-refractivity contribution in [3.8, 4) is 0 Å². The molecule has 1 heterocycles. The van der Waals surface area contributed by atoms with Crippen molar-refractivity contribution < 1.29 is 17.9 Å². The summed E-state index contributed by atoms with van der Waals surface area (Å²) >= 11 is 0. The van der Waals surface area contributed by atoms with E-state index in [4.69, 9.17) is 10.6 Å². The highest BCUT2D eigenvalue weighted by Gasteiger charge is 2.43. The molecule has 0 bridgehead atoms. The number of nitrogens with two attached hydrogens (primary N) is 1. The number of hydrogen-bond donors (Lipinski definition) is 2. The molecular formula is C13H21F3N2O. The Bertz CT molecular complexity index is 330. The van der Waals surface area contributed by atoms with Crippen molar-refractivity contribution >= 4 is 0 Å². The average molecular weight is 278 g/mol. The van der Waals surface area contributed by atoms with Gasteiger partial charge in [-0.05, 0) is 43.6 Å². The van der Waals surface area contributed by atoms with Crippen LogP contribution >= 0.6 is 0 Å². The normalized spacial score (nSPS) is 30.4. The van der Waals surface area contributed by atoms with E-state index in [0.29, 0.717) is 13.0 Å². The van der Waals surface area contributed by atoms with Crippen molar-refractivity contribution in [2.45, 2.75) is 50.7 Å². The van der Waals surface area contributed by atoms with E-state index in [1.807, 2.05) is 0 Å². The van der Waals surface area contributed by atoms with Crippen LogP contribution < -0.4 is 11.3 Å². The first-order valence-electron chi connectivity index (χ1n) is 6.85. The fourth-order valence-corrected chi connectivity index (χ4v) is 3.19. The molecule has 0 aromatic carbocycles. The van der Waals surface area contributed by atoms with Gasteiger partial charge < -0.3 is 4.74 Å². The number of alkyl halides is 3. The zero-order valence-electron chi connectivity index (χ0n) is 10.9. The first-order chi connectivity index (χ1) is 9.02. The van der Waals surface area contributed by atoms with Gasteiger partial charge in [0.05, 0.1) is 18.8 Å². The number of halogens is 3. The number of rotatable bonds is 3. The summed E-state index contributed by atoms with van der Waals surface area (Å²) in [5.41, 5.74) is 3.70. The van der Waals surface area contributed by atoms with Crippen molar-refractivity contribution in [3.63, 3.8) is 0 Å². The van der Waals surface area contributed by atoms with Gasteiger partial charge >= 0.3 is 6.18 Å². The maximum atomic E-state index is 12.8. The van der Waals surface area contributed by atoms with Crippen LogP contribution in [-0.4, -0.2) is 18.8 Å². The quantitative estimate of drug-likeness (QED) is 0.616. The molecule has 1 aliphatic carbocycles. The van der Waals surface area contributed by atoms with Gasteiger partial charge in [0.2, 0.25) is 0 Å². The minimum atomic E-state index is -4.09. The predicted molar refractivity (Wildman–Crippen MR) is 65.9 cm³/mol. The highest BCUT2D eigenvalue weighted by atomic mass is 19.4. The van der Waals surface area contributed by atoms with E-state index >= 15 is 0 Å². The van der Waals surface area contributed by atoms with Crippen molar-refractivity contribution in [1.82, 2.24) is 5.43 Å². The summed E-state index contributed by atoms with van der Waals surface area (Å²) in [6, 6.07) is -0.189. The molecule has 2 rings (SSSR count). The molecule has 0 aromatic rings. The van der Waals surface area contributed by atoms with Crippen LogP contribution in [0.3, 0.4) is 0 Å². The second kappa shape index (κ2) is 6.13. The van der Waals surface area contributed by atoms with Crippen LogP contribution in [0.1, 0.15) is 38.5 Å². The summed E-state index contributed by atoms with van der Waals surface area (Å²) in [6.45, 7) is 0.677. The van der Waals surface area contributed by atoms with Crippen molar-refractivity contribution in [2.75, 3.05) is 6.61 Å². The lowest BCUT2D eigenvalue weighted by Crippen LogP contribution is -2.45. The van der Waals surface area contributed by atoms with Crippen LogP contribution in [0.25, 0.3) is 0 Å². The van der Waals surface area contributed by atoms with Crippen LogP contribution in [-0.2, 0) is 4.74 Å². The van der Waals surface area contributed by atoms with Crippen LogP contribution in [0, 0.1) is 11.8 Å². The van der Waals surface area contributed by atoms with Crippen molar-refractivity contribution in [2.24, 2.45) is 17.7 Å². The molecular weight excluding hydrogens is 257 g/mol. The Hall–Kier alpha value is -0.750. The maximum Gasteiger partial charge on any atom is 0.391 e. The molecule has 3 N–H and O–H groups in total. The van der Waals surface area contributed by atoms with Crippen LogP contribution in [0.4, 0.5) is 13.2 Å². The van der Waals surface area contributed by atoms with Crippen LogP contribution in [0.5, 0.6) is 0 Å². The van der Waals surface area contributed by atoms with Gasteiger partial charge in [0.15, 0.2) is 0 Å².